The van der Waals surface area contributed by atoms with E-state index in [1.807, 2.05) is 0 Å². The zero-order chi connectivity index (χ0) is 26.6. The maximum Gasteiger partial charge on any atom is 0.261 e. The van der Waals surface area contributed by atoms with Gasteiger partial charge < -0.3 is 9.22 Å². The molecule has 0 N–H and O–H groups in total. The monoisotopic (exact) mass is 504 g/mol. The van der Waals surface area contributed by atoms with Gasteiger partial charge in [0.05, 0.1) is 5.41 Å². The van der Waals surface area contributed by atoms with Gasteiger partial charge in [-0.3, -0.25) is 4.79 Å². The van der Waals surface area contributed by atoms with Crippen molar-refractivity contribution < 1.29 is 14.0 Å². The van der Waals surface area contributed by atoms with Gasteiger partial charge in [-0.1, -0.05) is 101 Å². The van der Waals surface area contributed by atoms with Crippen LogP contribution in [0.5, 0.6) is 0 Å². The van der Waals surface area contributed by atoms with Crippen LogP contribution in [0.4, 0.5) is 0 Å². The van der Waals surface area contributed by atoms with Crippen molar-refractivity contribution in [3.63, 3.8) is 0 Å². The third-order valence-electron chi connectivity index (χ3n) is 8.76. The molecule has 3 nitrogen and oxygen atoms in total. The highest BCUT2D eigenvalue weighted by Gasteiger charge is 2.55. The van der Waals surface area contributed by atoms with Gasteiger partial charge in [0.2, 0.25) is 0 Å². The summed E-state index contributed by atoms with van der Waals surface area (Å²) in [5.41, 5.74) is 0.155. The summed E-state index contributed by atoms with van der Waals surface area (Å²) in [4.78, 5) is 24.7. The molecule has 36 heavy (non-hydrogen) atoms. The molecule has 194 valence electrons. The third-order valence-corrected chi connectivity index (χ3v) is 13.8. The minimum Gasteiger partial charge on any atom is -0.407 e. The summed E-state index contributed by atoms with van der Waals surface area (Å²) in [6.45, 7) is 17.8. The van der Waals surface area contributed by atoms with Crippen molar-refractivity contribution in [2.45, 2.75) is 85.1 Å². The molecule has 1 fully saturated rings. The number of rotatable bonds is 11. The predicted molar refractivity (Wildman–Crippen MR) is 152 cm³/mol. The number of benzene rings is 2. The van der Waals surface area contributed by atoms with Crippen molar-refractivity contribution in [2.24, 2.45) is 10.8 Å². The van der Waals surface area contributed by atoms with Crippen LogP contribution in [0.1, 0.15) is 80.1 Å². The minimum atomic E-state index is -2.57. The summed E-state index contributed by atoms with van der Waals surface area (Å²) in [5, 5.41) is 2.51. The minimum absolute atomic E-state index is 0.0571. The van der Waals surface area contributed by atoms with Gasteiger partial charge in [0.25, 0.3) is 8.32 Å². The molecule has 2 aromatic rings. The average molecular weight is 505 g/mol. The molecule has 2 atom stereocenters. The number of Topliss-reactive ketones (excluding diaryl/α,β-unsaturated/α-hetero) is 2. The van der Waals surface area contributed by atoms with Crippen LogP contribution in [0.3, 0.4) is 0 Å². The van der Waals surface area contributed by atoms with E-state index in [0.29, 0.717) is 25.9 Å². The quantitative estimate of drug-likeness (QED) is 0.196. The molecule has 1 aliphatic rings. The number of hydrogen-bond donors (Lipinski definition) is 0. The Balaban J connectivity index is 1.84. The molecular weight excluding hydrogens is 460 g/mol. The van der Waals surface area contributed by atoms with Gasteiger partial charge in [-0.2, -0.15) is 0 Å². The number of carbonyl (C=O) groups excluding carboxylic acids is 2. The summed E-state index contributed by atoms with van der Waals surface area (Å²) in [6, 6.07) is 21.4. The summed E-state index contributed by atoms with van der Waals surface area (Å²) >= 11 is 0. The van der Waals surface area contributed by atoms with Gasteiger partial charge in [-0.25, -0.2) is 0 Å². The molecule has 0 heterocycles. The van der Waals surface area contributed by atoms with E-state index in [4.69, 9.17) is 4.43 Å². The van der Waals surface area contributed by atoms with E-state index in [1.54, 1.807) is 6.92 Å². The van der Waals surface area contributed by atoms with Crippen LogP contribution >= 0.6 is 0 Å². The first-order valence-electron chi connectivity index (χ1n) is 13.3. The Morgan fingerprint density at radius 1 is 0.972 bits per heavy atom. The van der Waals surface area contributed by atoms with Crippen LogP contribution < -0.4 is 10.4 Å². The Morgan fingerprint density at radius 3 is 1.97 bits per heavy atom. The van der Waals surface area contributed by atoms with E-state index in [1.165, 1.54) is 10.4 Å². The second kappa shape index (κ2) is 11.0. The number of carbonyl (C=O) groups is 2. The van der Waals surface area contributed by atoms with E-state index >= 15 is 0 Å². The standard InChI is InChI=1S/C32H44O3Si/c1-25(19-20-26(2)33)32(7)29(34)21-23-31(32,6)22-14-24-35-36(30(3,4)5,27-15-10-8-11-16-27)28-17-12-9-13-18-28/h8-13,15-18H,1,14,19-24H2,2-7H3/t31-,32?/m1/s1. The Hall–Kier alpha value is -2.30. The summed E-state index contributed by atoms with van der Waals surface area (Å²) in [5.74, 6) is 0.414. The van der Waals surface area contributed by atoms with Gasteiger partial charge in [0.1, 0.15) is 11.6 Å². The summed E-state index contributed by atoms with van der Waals surface area (Å²) < 4.78 is 7.09. The molecule has 0 spiro atoms. The molecule has 0 radical (unpaired) electrons. The van der Waals surface area contributed by atoms with Crippen LogP contribution in [0.2, 0.25) is 5.04 Å². The van der Waals surface area contributed by atoms with Crippen molar-refractivity contribution >= 4 is 30.3 Å². The first-order valence-corrected chi connectivity index (χ1v) is 15.3. The fourth-order valence-electron chi connectivity index (χ4n) is 6.25. The largest absolute Gasteiger partial charge is 0.407 e. The summed E-state index contributed by atoms with van der Waals surface area (Å²) in [7, 11) is -2.57. The van der Waals surface area contributed by atoms with Crippen LogP contribution in [-0.2, 0) is 14.0 Å². The van der Waals surface area contributed by atoms with E-state index in [-0.39, 0.29) is 22.0 Å². The first-order chi connectivity index (χ1) is 16.9. The molecule has 0 amide bonds. The lowest BCUT2D eigenvalue weighted by atomic mass is 9.61. The number of allylic oxidation sites excluding steroid dienone is 1. The lowest BCUT2D eigenvalue weighted by Crippen LogP contribution is -2.66. The predicted octanol–water partition coefficient (Wildman–Crippen LogP) is 6.64. The van der Waals surface area contributed by atoms with Crippen molar-refractivity contribution in [3.05, 3.63) is 72.8 Å². The zero-order valence-electron chi connectivity index (χ0n) is 23.2. The topological polar surface area (TPSA) is 43.4 Å². The van der Waals surface area contributed by atoms with Crippen LogP contribution in [0, 0.1) is 10.8 Å². The molecule has 0 aliphatic heterocycles. The maximum atomic E-state index is 13.1. The van der Waals surface area contributed by atoms with Gasteiger partial charge in [-0.15, -0.1) is 0 Å². The molecule has 1 saturated carbocycles. The molecule has 2 aromatic carbocycles. The highest BCUT2D eigenvalue weighted by molar-refractivity contribution is 6.99. The van der Waals surface area contributed by atoms with Crippen molar-refractivity contribution in [2.75, 3.05) is 6.61 Å². The van der Waals surface area contributed by atoms with Crippen LogP contribution in [0.15, 0.2) is 72.8 Å². The Kier molecular flexibility index (Phi) is 8.62. The Labute approximate surface area is 219 Å². The Bertz CT molecular complexity index is 1030. The average Bonchev–Trinajstić information content (AvgIpc) is 3.08. The van der Waals surface area contributed by atoms with E-state index in [0.717, 1.165) is 24.8 Å². The first kappa shape index (κ1) is 28.3. The van der Waals surface area contributed by atoms with Gasteiger partial charge >= 0.3 is 0 Å². The molecule has 0 aromatic heterocycles. The molecule has 0 bridgehead atoms. The third kappa shape index (κ3) is 5.21. The van der Waals surface area contributed by atoms with Gasteiger partial charge in [-0.05, 0) is 60.4 Å². The van der Waals surface area contributed by atoms with Crippen molar-refractivity contribution in [1.82, 2.24) is 0 Å². The van der Waals surface area contributed by atoms with Crippen molar-refractivity contribution in [3.8, 4) is 0 Å². The van der Waals surface area contributed by atoms with E-state index in [9.17, 15) is 9.59 Å². The highest BCUT2D eigenvalue weighted by Crippen LogP contribution is 2.57. The molecule has 4 heteroatoms. The zero-order valence-corrected chi connectivity index (χ0v) is 24.2. The number of ketones is 2. The lowest BCUT2D eigenvalue weighted by molar-refractivity contribution is -0.126. The normalized spacial score (nSPS) is 22.6. The molecule has 0 saturated heterocycles. The smallest absolute Gasteiger partial charge is 0.261 e. The summed E-state index contributed by atoms with van der Waals surface area (Å²) in [6.07, 6.45) is 4.26. The molecule has 1 unspecified atom stereocenters. The van der Waals surface area contributed by atoms with Crippen LogP contribution in [0.25, 0.3) is 0 Å². The SMILES string of the molecule is C=C(CCC(C)=O)C1(C)C(=O)CC[C@@]1(C)CCCO[Si](c1ccccc1)(c1ccccc1)C(C)(C)C. The van der Waals surface area contributed by atoms with Crippen molar-refractivity contribution in [1.29, 1.82) is 0 Å². The van der Waals surface area contributed by atoms with Gasteiger partial charge in [0.15, 0.2) is 0 Å². The maximum absolute atomic E-state index is 13.1. The Morgan fingerprint density at radius 2 is 1.50 bits per heavy atom. The van der Waals surface area contributed by atoms with Gasteiger partial charge in [0, 0.05) is 19.4 Å². The van der Waals surface area contributed by atoms with E-state index < -0.39 is 13.7 Å². The highest BCUT2D eigenvalue weighted by atomic mass is 28.4. The lowest BCUT2D eigenvalue weighted by Gasteiger charge is -2.44. The van der Waals surface area contributed by atoms with E-state index in [2.05, 4.69) is 102 Å². The fourth-order valence-corrected chi connectivity index (χ4v) is 10.9. The molecule has 3 rings (SSSR count). The second-order valence-corrected chi connectivity index (χ2v) is 16.3. The number of hydrogen-bond acceptors (Lipinski definition) is 3. The fraction of sp³-hybridized carbons (Fsp3) is 0.500. The second-order valence-electron chi connectivity index (χ2n) is 12.0. The molecular formula is C32H44O3Si. The van der Waals surface area contributed by atoms with Crippen LogP contribution in [-0.4, -0.2) is 26.5 Å². The molecule has 1 aliphatic carbocycles.